The van der Waals surface area contributed by atoms with E-state index in [-0.39, 0.29) is 24.2 Å². The molecule has 0 N–H and O–H groups in total. The van der Waals surface area contributed by atoms with Gasteiger partial charge >= 0.3 is 0 Å². The third kappa shape index (κ3) is 3.16. The van der Waals surface area contributed by atoms with Gasteiger partial charge in [-0.15, -0.1) is 0 Å². The van der Waals surface area contributed by atoms with Gasteiger partial charge in [0.05, 0.1) is 6.42 Å². The van der Waals surface area contributed by atoms with Crippen molar-refractivity contribution in [3.8, 4) is 0 Å². The molecule has 3 rings (SSSR count). The van der Waals surface area contributed by atoms with Crippen LogP contribution < -0.4 is 0 Å². The van der Waals surface area contributed by atoms with E-state index in [1.807, 2.05) is 0 Å². The van der Waals surface area contributed by atoms with Gasteiger partial charge in [0.2, 0.25) is 11.8 Å². The second-order valence-corrected chi connectivity index (χ2v) is 5.58. The number of likely N-dealkylation sites (tertiary alicyclic amines) is 1. The molecule has 116 valence electrons. The van der Waals surface area contributed by atoms with Gasteiger partial charge in [-0.1, -0.05) is 17.3 Å². The Morgan fingerprint density at radius 2 is 2.14 bits per heavy atom. The Morgan fingerprint density at radius 3 is 2.82 bits per heavy atom. The monoisotopic (exact) mass is 303 g/mol. The summed E-state index contributed by atoms with van der Waals surface area (Å²) in [5.74, 6) is 0.789. The van der Waals surface area contributed by atoms with Crippen LogP contribution in [0.2, 0.25) is 0 Å². The average Bonchev–Trinajstić information content (AvgIpc) is 2.96. The molecule has 2 aromatic rings. The smallest absolute Gasteiger partial charge is 0.249 e. The number of amides is 1. The van der Waals surface area contributed by atoms with Gasteiger partial charge in [-0.25, -0.2) is 4.39 Å². The Morgan fingerprint density at radius 1 is 1.36 bits per heavy atom. The van der Waals surface area contributed by atoms with Crippen LogP contribution in [0.3, 0.4) is 0 Å². The van der Waals surface area contributed by atoms with Crippen LogP contribution in [0.4, 0.5) is 4.39 Å². The molecule has 1 aromatic carbocycles. The van der Waals surface area contributed by atoms with E-state index in [9.17, 15) is 9.18 Å². The van der Waals surface area contributed by atoms with E-state index in [0.717, 1.165) is 24.8 Å². The minimum atomic E-state index is -0.298. The predicted molar refractivity (Wildman–Crippen MR) is 77.4 cm³/mol. The highest BCUT2D eigenvalue weighted by atomic mass is 19.1. The van der Waals surface area contributed by atoms with Gasteiger partial charge < -0.3 is 9.42 Å². The molecule has 1 aliphatic rings. The van der Waals surface area contributed by atoms with Gasteiger partial charge in [0.15, 0.2) is 5.82 Å². The third-order valence-electron chi connectivity index (χ3n) is 3.92. The Kier molecular flexibility index (Phi) is 4.18. The third-order valence-corrected chi connectivity index (χ3v) is 3.92. The van der Waals surface area contributed by atoms with Gasteiger partial charge in [0.25, 0.3) is 0 Å². The van der Waals surface area contributed by atoms with Crippen molar-refractivity contribution in [3.05, 3.63) is 47.4 Å². The topological polar surface area (TPSA) is 59.2 Å². The first-order chi connectivity index (χ1) is 10.6. The van der Waals surface area contributed by atoms with Crippen molar-refractivity contribution in [2.75, 3.05) is 6.54 Å². The van der Waals surface area contributed by atoms with E-state index in [2.05, 4.69) is 10.1 Å². The van der Waals surface area contributed by atoms with Crippen LogP contribution in [-0.4, -0.2) is 27.5 Å². The average molecular weight is 303 g/mol. The molecule has 5 nitrogen and oxygen atoms in total. The molecular formula is C16H18FN3O2. The minimum absolute atomic E-state index is 0.00663. The lowest BCUT2D eigenvalue weighted by atomic mass is 10.0. The molecule has 1 unspecified atom stereocenters. The standard InChI is InChI=1S/C16H18FN3O2/c1-11-18-16(22-19-11)14-4-2-3-9-20(14)15(21)10-12-5-7-13(17)8-6-12/h5-8,14H,2-4,9-10H2,1H3. The van der Waals surface area contributed by atoms with Crippen molar-refractivity contribution in [3.63, 3.8) is 0 Å². The van der Waals surface area contributed by atoms with Crippen molar-refractivity contribution >= 4 is 5.91 Å². The molecule has 1 amide bonds. The number of hydrogen-bond acceptors (Lipinski definition) is 4. The first kappa shape index (κ1) is 14.7. The van der Waals surface area contributed by atoms with E-state index >= 15 is 0 Å². The summed E-state index contributed by atoms with van der Waals surface area (Å²) in [7, 11) is 0. The summed E-state index contributed by atoms with van der Waals surface area (Å²) in [6.07, 6.45) is 3.09. The molecule has 1 aliphatic heterocycles. The zero-order chi connectivity index (χ0) is 15.5. The number of halogens is 1. The predicted octanol–water partition coefficient (Wildman–Crippen LogP) is 2.81. The molecule has 0 bridgehead atoms. The first-order valence-corrected chi connectivity index (χ1v) is 7.47. The Hall–Kier alpha value is -2.24. The fraction of sp³-hybridized carbons (Fsp3) is 0.438. The summed E-state index contributed by atoms with van der Waals surface area (Å²) in [4.78, 5) is 18.7. The quantitative estimate of drug-likeness (QED) is 0.875. The summed E-state index contributed by atoms with van der Waals surface area (Å²) < 4.78 is 18.2. The normalized spacial score (nSPS) is 18.5. The molecule has 0 aliphatic carbocycles. The fourth-order valence-corrected chi connectivity index (χ4v) is 2.81. The summed E-state index contributed by atoms with van der Waals surface area (Å²) in [6, 6.07) is 5.88. The van der Waals surface area contributed by atoms with E-state index in [1.54, 1.807) is 24.0 Å². The summed E-state index contributed by atoms with van der Waals surface area (Å²) in [5.41, 5.74) is 0.803. The van der Waals surface area contributed by atoms with Crippen molar-refractivity contribution in [2.45, 2.75) is 38.6 Å². The summed E-state index contributed by atoms with van der Waals surface area (Å²) in [6.45, 7) is 2.45. The van der Waals surface area contributed by atoms with E-state index < -0.39 is 0 Å². The lowest BCUT2D eigenvalue weighted by Gasteiger charge is -2.33. The zero-order valence-electron chi connectivity index (χ0n) is 12.5. The van der Waals surface area contributed by atoms with Crippen LogP contribution in [0, 0.1) is 12.7 Å². The molecule has 1 fully saturated rings. The minimum Gasteiger partial charge on any atom is -0.337 e. The molecular weight excluding hydrogens is 285 g/mol. The number of nitrogens with zero attached hydrogens (tertiary/aromatic N) is 3. The molecule has 0 spiro atoms. The van der Waals surface area contributed by atoms with Crippen molar-refractivity contribution in [2.24, 2.45) is 0 Å². The highest BCUT2D eigenvalue weighted by Crippen LogP contribution is 2.30. The second-order valence-electron chi connectivity index (χ2n) is 5.58. The van der Waals surface area contributed by atoms with Crippen molar-refractivity contribution in [1.29, 1.82) is 0 Å². The highest BCUT2D eigenvalue weighted by Gasteiger charge is 2.31. The van der Waals surface area contributed by atoms with Crippen LogP contribution >= 0.6 is 0 Å². The molecule has 1 aromatic heterocycles. The number of hydrogen-bond donors (Lipinski definition) is 0. The van der Waals surface area contributed by atoms with E-state index in [1.165, 1.54) is 12.1 Å². The lowest BCUT2D eigenvalue weighted by Crippen LogP contribution is -2.39. The summed E-state index contributed by atoms with van der Waals surface area (Å²) >= 11 is 0. The van der Waals surface area contributed by atoms with Crippen molar-refractivity contribution in [1.82, 2.24) is 15.0 Å². The van der Waals surface area contributed by atoms with Crippen molar-refractivity contribution < 1.29 is 13.7 Å². The maximum Gasteiger partial charge on any atom is 0.249 e. The Balaban J connectivity index is 1.75. The maximum atomic E-state index is 12.9. The molecule has 1 saturated heterocycles. The molecule has 1 atom stereocenters. The lowest BCUT2D eigenvalue weighted by molar-refractivity contribution is -0.135. The number of carbonyl (C=O) groups is 1. The maximum absolute atomic E-state index is 12.9. The summed E-state index contributed by atoms with van der Waals surface area (Å²) in [5, 5.41) is 3.81. The van der Waals surface area contributed by atoms with Gasteiger partial charge in [0.1, 0.15) is 11.9 Å². The zero-order valence-corrected chi connectivity index (χ0v) is 12.5. The van der Waals surface area contributed by atoms with E-state index in [0.29, 0.717) is 18.3 Å². The number of aryl methyl sites for hydroxylation is 1. The van der Waals surface area contributed by atoms with Gasteiger partial charge in [0, 0.05) is 6.54 Å². The second kappa shape index (κ2) is 6.25. The van der Waals surface area contributed by atoms with Crippen LogP contribution in [0.5, 0.6) is 0 Å². The largest absolute Gasteiger partial charge is 0.337 e. The van der Waals surface area contributed by atoms with Gasteiger partial charge in [-0.05, 0) is 43.9 Å². The number of piperidine rings is 1. The Bertz CT molecular complexity index is 654. The first-order valence-electron chi connectivity index (χ1n) is 7.47. The number of rotatable bonds is 3. The molecule has 0 saturated carbocycles. The molecule has 6 heteroatoms. The van der Waals surface area contributed by atoms with Gasteiger partial charge in [-0.2, -0.15) is 4.98 Å². The molecule has 2 heterocycles. The molecule has 22 heavy (non-hydrogen) atoms. The van der Waals surface area contributed by atoms with Crippen LogP contribution in [0.15, 0.2) is 28.8 Å². The highest BCUT2D eigenvalue weighted by molar-refractivity contribution is 5.79. The van der Waals surface area contributed by atoms with Crippen LogP contribution in [0.1, 0.15) is 42.6 Å². The number of benzene rings is 1. The number of aromatic nitrogens is 2. The van der Waals surface area contributed by atoms with Crippen LogP contribution in [-0.2, 0) is 11.2 Å². The number of carbonyl (C=O) groups excluding carboxylic acids is 1. The van der Waals surface area contributed by atoms with Gasteiger partial charge in [-0.3, -0.25) is 4.79 Å². The Labute approximate surface area is 128 Å². The van der Waals surface area contributed by atoms with E-state index in [4.69, 9.17) is 4.52 Å². The van der Waals surface area contributed by atoms with Crippen LogP contribution in [0.25, 0.3) is 0 Å². The SMILES string of the molecule is Cc1noc(C2CCCCN2C(=O)Cc2ccc(F)cc2)n1. The molecule has 0 radical (unpaired) electrons. The fourth-order valence-electron chi connectivity index (χ4n) is 2.81.